The minimum atomic E-state index is -0.0780. The molecule has 0 aromatic rings. The van der Waals surface area contributed by atoms with Crippen LogP contribution in [0.5, 0.6) is 0 Å². The van der Waals surface area contributed by atoms with Crippen LogP contribution < -0.4 is 0 Å². The van der Waals surface area contributed by atoms with Crippen molar-refractivity contribution in [2.75, 3.05) is 19.8 Å². The molecule has 0 aliphatic carbocycles. The normalized spacial score (nSPS) is 13.3. The van der Waals surface area contributed by atoms with Gasteiger partial charge in [-0.3, -0.25) is 0 Å². The van der Waals surface area contributed by atoms with E-state index in [-0.39, 0.29) is 6.29 Å². The molecular formula is C12H24O3. The van der Waals surface area contributed by atoms with Gasteiger partial charge in [-0.2, -0.15) is 0 Å². The van der Waals surface area contributed by atoms with Crippen molar-refractivity contribution in [3.05, 3.63) is 12.3 Å². The van der Waals surface area contributed by atoms with Crippen LogP contribution in [-0.4, -0.2) is 26.1 Å². The predicted molar refractivity (Wildman–Crippen MR) is 61.7 cm³/mol. The predicted octanol–water partition coefficient (Wildman–Crippen LogP) is 3.11. The van der Waals surface area contributed by atoms with Crippen molar-refractivity contribution >= 4 is 0 Å². The Morgan fingerprint density at radius 2 is 1.80 bits per heavy atom. The smallest absolute Gasteiger partial charge is 0.157 e. The van der Waals surface area contributed by atoms with Crippen LogP contribution in [0.4, 0.5) is 0 Å². The van der Waals surface area contributed by atoms with Crippen LogP contribution in [0.2, 0.25) is 0 Å². The van der Waals surface area contributed by atoms with E-state index in [2.05, 4.69) is 13.8 Å². The maximum atomic E-state index is 5.54. The molecule has 1 unspecified atom stereocenters. The molecule has 0 aromatic carbocycles. The molecule has 0 aliphatic rings. The van der Waals surface area contributed by atoms with Crippen molar-refractivity contribution in [1.82, 2.24) is 0 Å². The van der Waals surface area contributed by atoms with Crippen molar-refractivity contribution in [2.24, 2.45) is 0 Å². The first-order valence-corrected chi connectivity index (χ1v) is 5.81. The van der Waals surface area contributed by atoms with E-state index in [9.17, 15) is 0 Å². The first-order chi connectivity index (χ1) is 7.35. The minimum absolute atomic E-state index is 0.0780. The molecule has 0 saturated heterocycles. The summed E-state index contributed by atoms with van der Waals surface area (Å²) in [5.74, 6) is 0. The Morgan fingerprint density at radius 1 is 1.07 bits per heavy atom. The summed E-state index contributed by atoms with van der Waals surface area (Å²) in [7, 11) is 0. The summed E-state index contributed by atoms with van der Waals surface area (Å²) in [6.07, 6.45) is 6.58. The maximum absolute atomic E-state index is 5.54. The molecule has 15 heavy (non-hydrogen) atoms. The molecule has 1 atom stereocenters. The van der Waals surface area contributed by atoms with E-state index in [0.717, 1.165) is 25.9 Å². The quantitative estimate of drug-likeness (QED) is 0.319. The third-order valence-electron chi connectivity index (χ3n) is 1.87. The zero-order chi connectivity index (χ0) is 11.4. The number of rotatable bonds is 10. The zero-order valence-corrected chi connectivity index (χ0v) is 10.2. The lowest BCUT2D eigenvalue weighted by Gasteiger charge is -2.16. The molecular weight excluding hydrogens is 192 g/mol. The summed E-state index contributed by atoms with van der Waals surface area (Å²) < 4.78 is 16.2. The van der Waals surface area contributed by atoms with E-state index in [1.165, 1.54) is 0 Å². The molecule has 0 spiro atoms. The van der Waals surface area contributed by atoms with E-state index in [4.69, 9.17) is 14.2 Å². The fourth-order valence-corrected chi connectivity index (χ4v) is 1.03. The molecule has 0 N–H and O–H groups in total. The van der Waals surface area contributed by atoms with Gasteiger partial charge in [0.15, 0.2) is 6.29 Å². The van der Waals surface area contributed by atoms with Gasteiger partial charge in [0.2, 0.25) is 0 Å². The van der Waals surface area contributed by atoms with Gasteiger partial charge in [-0.1, -0.05) is 26.3 Å². The second kappa shape index (κ2) is 11.5. The van der Waals surface area contributed by atoms with Crippen LogP contribution >= 0.6 is 0 Å². The number of hydrogen-bond acceptors (Lipinski definition) is 3. The van der Waals surface area contributed by atoms with Gasteiger partial charge in [-0.05, 0) is 19.8 Å². The van der Waals surface area contributed by atoms with Gasteiger partial charge in [-0.25, -0.2) is 0 Å². The number of ether oxygens (including phenoxy) is 3. The molecule has 0 amide bonds. The number of unbranched alkanes of at least 4 members (excludes halogenated alkanes) is 1. The summed E-state index contributed by atoms with van der Waals surface area (Å²) in [5, 5.41) is 0. The summed E-state index contributed by atoms with van der Waals surface area (Å²) in [5.41, 5.74) is 0. The first-order valence-electron chi connectivity index (χ1n) is 5.81. The molecule has 0 bridgehead atoms. The highest BCUT2D eigenvalue weighted by atomic mass is 16.7. The van der Waals surface area contributed by atoms with E-state index >= 15 is 0 Å². The Kier molecular flexibility index (Phi) is 11.1. The van der Waals surface area contributed by atoms with Crippen molar-refractivity contribution in [2.45, 2.75) is 46.3 Å². The van der Waals surface area contributed by atoms with Crippen molar-refractivity contribution in [3.8, 4) is 0 Å². The average molecular weight is 216 g/mol. The van der Waals surface area contributed by atoms with Gasteiger partial charge >= 0.3 is 0 Å². The standard InChI is InChI=1S/C12H24O3/c1-4-7-9-14-12(6-3)15-11-10-13-8-5-2/h5,8,12H,4,6-7,9-11H2,1-3H3/b8-5+. The van der Waals surface area contributed by atoms with E-state index in [1.54, 1.807) is 6.26 Å². The van der Waals surface area contributed by atoms with Crippen molar-refractivity contribution in [1.29, 1.82) is 0 Å². The Hall–Kier alpha value is -0.540. The van der Waals surface area contributed by atoms with Gasteiger partial charge in [0, 0.05) is 6.61 Å². The highest BCUT2D eigenvalue weighted by Crippen LogP contribution is 2.02. The lowest BCUT2D eigenvalue weighted by Crippen LogP contribution is -2.19. The lowest BCUT2D eigenvalue weighted by atomic mass is 10.3. The molecule has 0 aromatic heterocycles. The van der Waals surface area contributed by atoms with E-state index in [1.807, 2.05) is 13.0 Å². The second-order valence-corrected chi connectivity index (χ2v) is 3.27. The van der Waals surface area contributed by atoms with Crippen molar-refractivity contribution < 1.29 is 14.2 Å². The molecule has 0 radical (unpaired) electrons. The fourth-order valence-electron chi connectivity index (χ4n) is 1.03. The molecule has 0 aliphatic heterocycles. The summed E-state index contributed by atoms with van der Waals surface area (Å²) in [4.78, 5) is 0. The number of hydrogen-bond donors (Lipinski definition) is 0. The van der Waals surface area contributed by atoms with E-state index < -0.39 is 0 Å². The summed E-state index contributed by atoms with van der Waals surface area (Å²) in [6, 6.07) is 0. The largest absolute Gasteiger partial charge is 0.499 e. The molecule has 3 nitrogen and oxygen atoms in total. The average Bonchev–Trinajstić information content (AvgIpc) is 2.26. The number of allylic oxidation sites excluding steroid dienone is 1. The SMILES string of the molecule is C/C=C/OCCOC(CC)OCCCC. The van der Waals surface area contributed by atoms with Crippen LogP contribution in [0.1, 0.15) is 40.0 Å². The maximum Gasteiger partial charge on any atom is 0.157 e. The monoisotopic (exact) mass is 216 g/mol. The summed E-state index contributed by atoms with van der Waals surface area (Å²) in [6.45, 7) is 8.07. The van der Waals surface area contributed by atoms with Gasteiger partial charge < -0.3 is 14.2 Å². The molecule has 3 heteroatoms. The van der Waals surface area contributed by atoms with Gasteiger partial charge in [0.25, 0.3) is 0 Å². The van der Waals surface area contributed by atoms with Gasteiger partial charge in [-0.15, -0.1) is 0 Å². The van der Waals surface area contributed by atoms with Crippen LogP contribution in [0.3, 0.4) is 0 Å². The Morgan fingerprint density at radius 3 is 2.40 bits per heavy atom. The third-order valence-corrected chi connectivity index (χ3v) is 1.87. The second-order valence-electron chi connectivity index (χ2n) is 3.27. The first kappa shape index (κ1) is 14.5. The Labute approximate surface area is 93.4 Å². The highest BCUT2D eigenvalue weighted by Gasteiger charge is 2.05. The topological polar surface area (TPSA) is 27.7 Å². The fraction of sp³-hybridized carbons (Fsp3) is 0.833. The van der Waals surface area contributed by atoms with Gasteiger partial charge in [0.05, 0.1) is 12.9 Å². The molecule has 0 rings (SSSR count). The molecule has 0 saturated carbocycles. The highest BCUT2D eigenvalue weighted by molar-refractivity contribution is 4.64. The van der Waals surface area contributed by atoms with Crippen LogP contribution in [0.25, 0.3) is 0 Å². The van der Waals surface area contributed by atoms with Gasteiger partial charge in [0.1, 0.15) is 6.61 Å². The van der Waals surface area contributed by atoms with Crippen LogP contribution in [-0.2, 0) is 14.2 Å². The van der Waals surface area contributed by atoms with E-state index in [0.29, 0.717) is 13.2 Å². The minimum Gasteiger partial charge on any atom is -0.499 e. The van der Waals surface area contributed by atoms with Crippen molar-refractivity contribution in [3.63, 3.8) is 0 Å². The molecule has 0 fully saturated rings. The molecule has 90 valence electrons. The zero-order valence-electron chi connectivity index (χ0n) is 10.2. The summed E-state index contributed by atoms with van der Waals surface area (Å²) >= 11 is 0. The lowest BCUT2D eigenvalue weighted by molar-refractivity contribution is -0.149. The Bertz CT molecular complexity index is 146. The van der Waals surface area contributed by atoms with Crippen LogP contribution in [0.15, 0.2) is 12.3 Å². The molecule has 0 heterocycles. The van der Waals surface area contributed by atoms with Crippen LogP contribution in [0, 0.1) is 0 Å². The Balaban J connectivity index is 3.35. The third kappa shape index (κ3) is 9.76.